The van der Waals surface area contributed by atoms with Crippen LogP contribution in [-0.4, -0.2) is 77.0 Å². The summed E-state index contributed by atoms with van der Waals surface area (Å²) in [7, 11) is 3.67. The van der Waals surface area contributed by atoms with Crippen LogP contribution in [0.3, 0.4) is 0 Å². The molecule has 162 valence electrons. The second-order valence-corrected chi connectivity index (χ2v) is 8.19. The first kappa shape index (κ1) is 19.6. The van der Waals surface area contributed by atoms with E-state index in [9.17, 15) is 4.79 Å². The Kier molecular flexibility index (Phi) is 5.11. The first-order valence-corrected chi connectivity index (χ1v) is 10.7. The average molecular weight is 422 g/mol. The molecule has 3 heterocycles. The van der Waals surface area contributed by atoms with Gasteiger partial charge in [-0.2, -0.15) is 4.98 Å². The van der Waals surface area contributed by atoms with E-state index in [0.717, 1.165) is 55.9 Å². The molecule has 3 N–H and O–H groups in total. The third-order valence-corrected chi connectivity index (χ3v) is 5.81. The molecular weight excluding hydrogens is 394 g/mol. The highest BCUT2D eigenvalue weighted by molar-refractivity contribution is 5.95. The topological polar surface area (TPSA) is 98.4 Å². The fourth-order valence-electron chi connectivity index (χ4n) is 3.77. The zero-order chi connectivity index (χ0) is 21.4. The number of H-pyrrole nitrogens is 1. The molecule has 0 unspecified atom stereocenters. The maximum absolute atomic E-state index is 12.9. The quantitative estimate of drug-likeness (QED) is 0.563. The number of nitrogens with one attached hydrogen (secondary N) is 3. The molecule has 0 bridgehead atoms. The molecule has 1 saturated carbocycles. The molecule has 5 rings (SSSR count). The number of fused-ring (bicyclic) bond motifs is 1. The van der Waals surface area contributed by atoms with Crippen LogP contribution in [0.4, 0.5) is 17.5 Å². The summed E-state index contributed by atoms with van der Waals surface area (Å²) in [4.78, 5) is 29.5. The van der Waals surface area contributed by atoms with Gasteiger partial charge in [-0.25, -0.2) is 4.98 Å². The molecule has 9 heteroatoms. The Bertz CT molecular complexity index is 1100. The molecule has 1 aromatic carbocycles. The van der Waals surface area contributed by atoms with Crippen LogP contribution in [0.2, 0.25) is 0 Å². The fourth-order valence-corrected chi connectivity index (χ4v) is 3.77. The highest BCUT2D eigenvalue weighted by atomic mass is 16.5. The second kappa shape index (κ2) is 8.07. The molecule has 0 radical (unpaired) electrons. The molecular formula is C22H27N7O2. The van der Waals surface area contributed by atoms with Crippen LogP contribution >= 0.6 is 0 Å². The van der Waals surface area contributed by atoms with Crippen molar-refractivity contribution in [2.75, 3.05) is 51.0 Å². The summed E-state index contributed by atoms with van der Waals surface area (Å²) in [5.74, 6) is 1.88. The summed E-state index contributed by atoms with van der Waals surface area (Å²) < 4.78 is 5.57. The van der Waals surface area contributed by atoms with Gasteiger partial charge in [0.2, 0.25) is 5.95 Å². The van der Waals surface area contributed by atoms with Gasteiger partial charge in [-0.05, 0) is 44.2 Å². The fraction of sp³-hybridized carbons (Fsp3) is 0.409. The number of ether oxygens (including phenoxy) is 1. The number of aromatic amines is 1. The van der Waals surface area contributed by atoms with Gasteiger partial charge >= 0.3 is 0 Å². The molecule has 2 fully saturated rings. The monoisotopic (exact) mass is 421 g/mol. The Morgan fingerprint density at radius 1 is 1.16 bits per heavy atom. The van der Waals surface area contributed by atoms with Gasteiger partial charge in [0.15, 0.2) is 5.82 Å². The van der Waals surface area contributed by atoms with E-state index in [0.29, 0.717) is 29.0 Å². The lowest BCUT2D eigenvalue weighted by Crippen LogP contribution is -2.47. The highest BCUT2D eigenvalue weighted by Gasteiger charge is 2.24. The Labute approximate surface area is 180 Å². The van der Waals surface area contributed by atoms with Gasteiger partial charge < -0.3 is 30.2 Å². The molecule has 1 saturated heterocycles. The van der Waals surface area contributed by atoms with Gasteiger partial charge in [0.1, 0.15) is 11.3 Å². The third kappa shape index (κ3) is 4.13. The predicted octanol–water partition coefficient (Wildman–Crippen LogP) is 2.67. The van der Waals surface area contributed by atoms with Crippen molar-refractivity contribution < 1.29 is 9.53 Å². The smallest absolute Gasteiger partial charge is 0.254 e. The number of methoxy groups -OCH3 is 1. The SMILES string of the molecule is COc1cc(C(=O)N2CCN(C)CC2)ccc1Nc1nc(NC2CC2)c2[nH]ccc2n1. The number of carbonyl (C=O) groups excluding carboxylic acids is 1. The molecule has 0 atom stereocenters. The van der Waals surface area contributed by atoms with Crippen LogP contribution in [0.15, 0.2) is 30.5 Å². The summed E-state index contributed by atoms with van der Waals surface area (Å²) >= 11 is 0. The molecule has 31 heavy (non-hydrogen) atoms. The highest BCUT2D eigenvalue weighted by Crippen LogP contribution is 2.31. The number of benzene rings is 1. The summed E-state index contributed by atoms with van der Waals surface area (Å²) in [6.07, 6.45) is 4.18. The number of carbonyl (C=O) groups is 1. The normalized spacial score (nSPS) is 17.0. The van der Waals surface area contributed by atoms with E-state index in [1.54, 1.807) is 13.2 Å². The van der Waals surface area contributed by atoms with E-state index in [1.165, 1.54) is 0 Å². The number of likely N-dealkylation sites (N-methyl/N-ethyl adjacent to an activating group) is 1. The first-order chi connectivity index (χ1) is 15.1. The van der Waals surface area contributed by atoms with E-state index in [-0.39, 0.29) is 5.91 Å². The number of aromatic nitrogens is 3. The summed E-state index contributed by atoms with van der Waals surface area (Å²) in [6.45, 7) is 3.25. The number of nitrogens with zero attached hydrogens (tertiary/aromatic N) is 4. The minimum Gasteiger partial charge on any atom is -0.495 e. The van der Waals surface area contributed by atoms with Crippen LogP contribution in [0.1, 0.15) is 23.2 Å². The lowest BCUT2D eigenvalue weighted by molar-refractivity contribution is 0.0664. The van der Waals surface area contributed by atoms with E-state index in [4.69, 9.17) is 4.74 Å². The van der Waals surface area contributed by atoms with Gasteiger partial charge in [-0.15, -0.1) is 0 Å². The van der Waals surface area contributed by atoms with Gasteiger partial charge in [-0.1, -0.05) is 0 Å². The number of piperazine rings is 1. The Morgan fingerprint density at radius 2 is 1.97 bits per heavy atom. The Hall–Kier alpha value is -3.33. The van der Waals surface area contributed by atoms with E-state index >= 15 is 0 Å². The zero-order valence-corrected chi connectivity index (χ0v) is 17.8. The summed E-state index contributed by atoms with van der Waals surface area (Å²) in [5, 5.41) is 6.71. The van der Waals surface area contributed by atoms with Gasteiger partial charge in [-0.3, -0.25) is 4.79 Å². The maximum atomic E-state index is 12.9. The molecule has 2 aliphatic rings. The number of amides is 1. The molecule has 1 aliphatic heterocycles. The summed E-state index contributed by atoms with van der Waals surface area (Å²) in [5.41, 5.74) is 3.06. The van der Waals surface area contributed by atoms with Crippen molar-refractivity contribution in [3.05, 3.63) is 36.0 Å². The lowest BCUT2D eigenvalue weighted by Gasteiger charge is -2.32. The molecule has 2 aromatic heterocycles. The second-order valence-electron chi connectivity index (χ2n) is 8.19. The number of hydrogen-bond donors (Lipinski definition) is 3. The third-order valence-electron chi connectivity index (χ3n) is 5.81. The van der Waals surface area contributed by atoms with E-state index in [2.05, 4.69) is 37.5 Å². The van der Waals surface area contributed by atoms with Gasteiger partial charge in [0.05, 0.1) is 18.3 Å². The Balaban J connectivity index is 1.38. The van der Waals surface area contributed by atoms with Gasteiger partial charge in [0.25, 0.3) is 5.91 Å². The standard InChI is InChI=1S/C22H27N7O2/c1-28-9-11-29(12-10-28)21(30)14-3-6-16(18(13-14)31-2)25-22-26-17-7-8-23-19(17)20(27-22)24-15-4-5-15/h3,6-8,13,15,23H,4-5,9-12H2,1-2H3,(H2,24,25,26,27). The van der Waals surface area contributed by atoms with Crippen molar-refractivity contribution in [2.24, 2.45) is 0 Å². The molecule has 3 aromatic rings. The number of hydrogen-bond acceptors (Lipinski definition) is 7. The van der Waals surface area contributed by atoms with Crippen LogP contribution in [0.5, 0.6) is 5.75 Å². The maximum Gasteiger partial charge on any atom is 0.254 e. The van der Waals surface area contributed by atoms with Crippen molar-refractivity contribution >= 4 is 34.4 Å². The minimum atomic E-state index is 0.0267. The lowest BCUT2D eigenvalue weighted by atomic mass is 10.1. The number of anilines is 3. The van der Waals surface area contributed by atoms with Crippen LogP contribution < -0.4 is 15.4 Å². The van der Waals surface area contributed by atoms with Crippen LogP contribution in [0.25, 0.3) is 11.0 Å². The Morgan fingerprint density at radius 3 is 2.71 bits per heavy atom. The zero-order valence-electron chi connectivity index (χ0n) is 17.8. The van der Waals surface area contributed by atoms with Crippen molar-refractivity contribution in [2.45, 2.75) is 18.9 Å². The van der Waals surface area contributed by atoms with Crippen molar-refractivity contribution in [3.8, 4) is 5.75 Å². The minimum absolute atomic E-state index is 0.0267. The molecule has 1 aliphatic carbocycles. The van der Waals surface area contributed by atoms with Crippen molar-refractivity contribution in [1.82, 2.24) is 24.8 Å². The summed E-state index contributed by atoms with van der Waals surface area (Å²) in [6, 6.07) is 7.85. The van der Waals surface area contributed by atoms with Crippen molar-refractivity contribution in [3.63, 3.8) is 0 Å². The van der Waals surface area contributed by atoms with Crippen LogP contribution in [0, 0.1) is 0 Å². The molecule has 1 amide bonds. The van der Waals surface area contributed by atoms with E-state index < -0.39 is 0 Å². The largest absolute Gasteiger partial charge is 0.495 e. The predicted molar refractivity (Wildman–Crippen MR) is 120 cm³/mol. The molecule has 9 nitrogen and oxygen atoms in total. The van der Waals surface area contributed by atoms with Gasteiger partial charge in [0, 0.05) is 44.0 Å². The number of rotatable bonds is 6. The van der Waals surface area contributed by atoms with Crippen LogP contribution in [-0.2, 0) is 0 Å². The van der Waals surface area contributed by atoms with Crippen molar-refractivity contribution in [1.29, 1.82) is 0 Å². The van der Waals surface area contributed by atoms with E-state index in [1.807, 2.05) is 29.3 Å². The average Bonchev–Trinajstić information content (AvgIpc) is 3.47. The first-order valence-electron chi connectivity index (χ1n) is 10.7. The molecule has 0 spiro atoms.